The molecule has 1 heterocycles. The van der Waals surface area contributed by atoms with Gasteiger partial charge in [-0.05, 0) is 33.1 Å². The van der Waals surface area contributed by atoms with Crippen molar-refractivity contribution in [3.05, 3.63) is 0 Å². The summed E-state index contributed by atoms with van der Waals surface area (Å²) in [7, 11) is 0. The number of nitrogens with zero attached hydrogens (tertiary/aromatic N) is 2. The third kappa shape index (κ3) is 6.64. The molecule has 6 nitrogen and oxygen atoms in total. The molecule has 0 bridgehead atoms. The van der Waals surface area contributed by atoms with Gasteiger partial charge in [0.2, 0.25) is 0 Å². The first-order valence-electron chi connectivity index (χ1n) is 8.02. The molecule has 1 atom stereocenters. The molecular weight excluding hydrogens is 284 g/mol. The predicted octanol–water partition coefficient (Wildman–Crippen LogP) is 2.43. The summed E-state index contributed by atoms with van der Waals surface area (Å²) in [6, 6.07) is 0.0809. The van der Waals surface area contributed by atoms with Crippen LogP contribution in [0, 0.1) is 5.92 Å². The molecule has 1 rings (SSSR count). The van der Waals surface area contributed by atoms with Gasteiger partial charge in [0.25, 0.3) is 0 Å². The van der Waals surface area contributed by atoms with E-state index in [0.29, 0.717) is 32.1 Å². The molecule has 128 valence electrons. The number of carbonyl (C=O) groups excluding carboxylic acids is 1. The molecule has 0 aromatic rings. The summed E-state index contributed by atoms with van der Waals surface area (Å²) in [6.07, 6.45) is 0.764. The molecule has 1 saturated heterocycles. The van der Waals surface area contributed by atoms with Gasteiger partial charge in [-0.25, -0.2) is 4.79 Å². The molecule has 22 heavy (non-hydrogen) atoms. The Labute approximate surface area is 133 Å². The van der Waals surface area contributed by atoms with E-state index >= 15 is 0 Å². The van der Waals surface area contributed by atoms with E-state index in [1.807, 2.05) is 25.7 Å². The second-order valence-corrected chi connectivity index (χ2v) is 7.40. The van der Waals surface area contributed by atoms with Crippen LogP contribution in [-0.4, -0.2) is 64.8 Å². The average molecular weight is 314 g/mol. The first-order chi connectivity index (χ1) is 10.1. The van der Waals surface area contributed by atoms with Crippen molar-refractivity contribution in [1.29, 1.82) is 0 Å². The lowest BCUT2D eigenvalue weighted by Gasteiger charge is -2.42. The van der Waals surface area contributed by atoms with Crippen molar-refractivity contribution < 1.29 is 19.4 Å². The standard InChI is InChI=1S/C16H30N2O4/c1-12(2)10-13-11-17(7-6-14(19)20)8-9-18(13)15(21)22-16(3,4)5/h12-13H,6-11H2,1-5H3,(H,19,20)/t13-/m0/s1. The minimum Gasteiger partial charge on any atom is -0.481 e. The highest BCUT2D eigenvalue weighted by Crippen LogP contribution is 2.20. The van der Waals surface area contributed by atoms with Crippen molar-refractivity contribution in [1.82, 2.24) is 9.80 Å². The number of aliphatic carboxylic acids is 1. The number of hydrogen-bond acceptors (Lipinski definition) is 4. The Balaban J connectivity index is 2.68. The van der Waals surface area contributed by atoms with E-state index in [1.54, 1.807) is 0 Å². The monoisotopic (exact) mass is 314 g/mol. The van der Waals surface area contributed by atoms with Crippen LogP contribution in [0.4, 0.5) is 4.79 Å². The number of carboxylic acid groups (broad SMARTS) is 1. The summed E-state index contributed by atoms with van der Waals surface area (Å²) in [6.45, 7) is 12.4. The number of piperazine rings is 1. The van der Waals surface area contributed by atoms with Crippen molar-refractivity contribution in [2.75, 3.05) is 26.2 Å². The van der Waals surface area contributed by atoms with Gasteiger partial charge in [0.05, 0.1) is 6.42 Å². The molecule has 1 aliphatic rings. The number of carboxylic acids is 1. The van der Waals surface area contributed by atoms with Gasteiger partial charge in [-0.2, -0.15) is 0 Å². The van der Waals surface area contributed by atoms with Crippen LogP contribution in [0.2, 0.25) is 0 Å². The molecule has 1 amide bonds. The lowest BCUT2D eigenvalue weighted by molar-refractivity contribution is -0.137. The molecular formula is C16H30N2O4. The summed E-state index contributed by atoms with van der Waals surface area (Å²) in [5.41, 5.74) is -0.500. The van der Waals surface area contributed by atoms with Gasteiger partial charge in [-0.3, -0.25) is 9.69 Å². The topological polar surface area (TPSA) is 70.1 Å². The second-order valence-electron chi connectivity index (χ2n) is 7.40. The van der Waals surface area contributed by atoms with Crippen molar-refractivity contribution >= 4 is 12.1 Å². The fraction of sp³-hybridized carbons (Fsp3) is 0.875. The van der Waals surface area contributed by atoms with Gasteiger partial charge >= 0.3 is 12.1 Å². The van der Waals surface area contributed by atoms with Crippen LogP contribution < -0.4 is 0 Å². The average Bonchev–Trinajstić information content (AvgIpc) is 2.33. The number of hydrogen-bond donors (Lipinski definition) is 1. The molecule has 1 N–H and O–H groups in total. The SMILES string of the molecule is CC(C)C[C@H]1CN(CCC(=O)O)CCN1C(=O)OC(C)(C)C. The maximum absolute atomic E-state index is 12.4. The van der Waals surface area contributed by atoms with Crippen molar-refractivity contribution in [2.24, 2.45) is 5.92 Å². The third-order valence-corrected chi connectivity index (χ3v) is 3.58. The van der Waals surface area contributed by atoms with E-state index in [9.17, 15) is 9.59 Å². The fourth-order valence-electron chi connectivity index (χ4n) is 2.68. The van der Waals surface area contributed by atoms with E-state index in [0.717, 1.165) is 6.42 Å². The Morgan fingerprint density at radius 1 is 1.27 bits per heavy atom. The molecule has 0 aliphatic carbocycles. The van der Waals surface area contributed by atoms with Gasteiger partial charge in [0, 0.05) is 32.2 Å². The van der Waals surface area contributed by atoms with Gasteiger partial charge in [-0.1, -0.05) is 13.8 Å². The highest BCUT2D eigenvalue weighted by atomic mass is 16.6. The number of ether oxygens (including phenoxy) is 1. The molecule has 1 fully saturated rings. The van der Waals surface area contributed by atoms with Crippen LogP contribution in [-0.2, 0) is 9.53 Å². The largest absolute Gasteiger partial charge is 0.481 e. The van der Waals surface area contributed by atoms with E-state index in [-0.39, 0.29) is 18.6 Å². The van der Waals surface area contributed by atoms with Gasteiger partial charge in [0.1, 0.15) is 5.60 Å². The minimum absolute atomic E-state index is 0.0809. The molecule has 0 saturated carbocycles. The summed E-state index contributed by atoms with van der Waals surface area (Å²) >= 11 is 0. The van der Waals surface area contributed by atoms with E-state index in [4.69, 9.17) is 9.84 Å². The zero-order valence-electron chi connectivity index (χ0n) is 14.5. The van der Waals surface area contributed by atoms with Crippen LogP contribution in [0.5, 0.6) is 0 Å². The smallest absolute Gasteiger partial charge is 0.410 e. The van der Waals surface area contributed by atoms with Crippen LogP contribution >= 0.6 is 0 Å². The molecule has 0 spiro atoms. The van der Waals surface area contributed by atoms with Crippen LogP contribution in [0.25, 0.3) is 0 Å². The van der Waals surface area contributed by atoms with E-state index in [2.05, 4.69) is 18.7 Å². The molecule has 0 aromatic carbocycles. The second kappa shape index (κ2) is 7.81. The molecule has 6 heteroatoms. The summed E-state index contributed by atoms with van der Waals surface area (Å²) in [5, 5.41) is 8.81. The van der Waals surface area contributed by atoms with E-state index < -0.39 is 11.6 Å². The van der Waals surface area contributed by atoms with Crippen molar-refractivity contribution in [2.45, 2.75) is 59.1 Å². The Hall–Kier alpha value is -1.30. The number of amides is 1. The fourth-order valence-corrected chi connectivity index (χ4v) is 2.68. The van der Waals surface area contributed by atoms with Gasteiger partial charge in [0.15, 0.2) is 0 Å². The lowest BCUT2D eigenvalue weighted by atomic mass is 10.00. The third-order valence-electron chi connectivity index (χ3n) is 3.58. The Morgan fingerprint density at radius 3 is 2.41 bits per heavy atom. The highest BCUT2D eigenvalue weighted by molar-refractivity contribution is 5.69. The minimum atomic E-state index is -0.782. The van der Waals surface area contributed by atoms with Gasteiger partial charge in [-0.15, -0.1) is 0 Å². The maximum Gasteiger partial charge on any atom is 0.410 e. The summed E-state index contributed by atoms with van der Waals surface area (Å²) in [5.74, 6) is -0.315. The van der Waals surface area contributed by atoms with Crippen LogP contribution in [0.15, 0.2) is 0 Å². The number of rotatable bonds is 5. The molecule has 0 aromatic heterocycles. The normalized spacial score (nSPS) is 20.3. The lowest BCUT2D eigenvalue weighted by Crippen LogP contribution is -2.56. The molecule has 0 radical (unpaired) electrons. The zero-order chi connectivity index (χ0) is 16.9. The predicted molar refractivity (Wildman–Crippen MR) is 84.9 cm³/mol. The maximum atomic E-state index is 12.4. The zero-order valence-corrected chi connectivity index (χ0v) is 14.5. The summed E-state index contributed by atoms with van der Waals surface area (Å²) < 4.78 is 5.50. The van der Waals surface area contributed by atoms with Gasteiger partial charge < -0.3 is 14.7 Å². The Kier molecular flexibility index (Phi) is 6.66. The molecule has 0 unspecified atom stereocenters. The van der Waals surface area contributed by atoms with Crippen molar-refractivity contribution in [3.63, 3.8) is 0 Å². The van der Waals surface area contributed by atoms with Crippen LogP contribution in [0.3, 0.4) is 0 Å². The first kappa shape index (κ1) is 18.7. The number of carbonyl (C=O) groups is 2. The summed E-state index contributed by atoms with van der Waals surface area (Å²) in [4.78, 5) is 27.0. The van der Waals surface area contributed by atoms with Crippen molar-refractivity contribution in [3.8, 4) is 0 Å². The quantitative estimate of drug-likeness (QED) is 0.844. The van der Waals surface area contributed by atoms with Crippen LogP contribution in [0.1, 0.15) is 47.5 Å². The molecule has 1 aliphatic heterocycles. The highest BCUT2D eigenvalue weighted by Gasteiger charge is 2.33. The Bertz CT molecular complexity index is 390. The Morgan fingerprint density at radius 2 is 1.91 bits per heavy atom. The van der Waals surface area contributed by atoms with E-state index in [1.165, 1.54) is 0 Å². The first-order valence-corrected chi connectivity index (χ1v) is 8.02.